The maximum atomic E-state index is 9.74. The Morgan fingerprint density at radius 1 is 1.00 bits per heavy atom. The Hall–Kier alpha value is -0.860. The van der Waals surface area contributed by atoms with E-state index in [9.17, 15) is 5.11 Å². The summed E-state index contributed by atoms with van der Waals surface area (Å²) in [5, 5.41) is 9.74. The monoisotopic (exact) mass is 245 g/mol. The van der Waals surface area contributed by atoms with Crippen molar-refractivity contribution in [1.82, 2.24) is 4.90 Å². The van der Waals surface area contributed by atoms with Gasteiger partial charge < -0.3 is 5.11 Å². The van der Waals surface area contributed by atoms with Crippen LogP contribution in [-0.2, 0) is 12.8 Å². The van der Waals surface area contributed by atoms with E-state index in [2.05, 4.69) is 23.1 Å². The highest BCUT2D eigenvalue weighted by atomic mass is 16.3. The van der Waals surface area contributed by atoms with Gasteiger partial charge in [0.2, 0.25) is 0 Å². The Bertz CT molecular complexity index is 410. The van der Waals surface area contributed by atoms with Gasteiger partial charge in [-0.05, 0) is 61.9 Å². The van der Waals surface area contributed by atoms with Gasteiger partial charge in [0.1, 0.15) is 0 Å². The average molecular weight is 245 g/mol. The topological polar surface area (TPSA) is 23.5 Å². The minimum Gasteiger partial charge on any atom is -0.394 e. The van der Waals surface area contributed by atoms with Gasteiger partial charge in [-0.3, -0.25) is 4.90 Å². The van der Waals surface area contributed by atoms with E-state index in [4.69, 9.17) is 0 Å². The van der Waals surface area contributed by atoms with E-state index in [0.29, 0.717) is 0 Å². The van der Waals surface area contributed by atoms with E-state index in [-0.39, 0.29) is 12.6 Å². The molecule has 1 aliphatic carbocycles. The van der Waals surface area contributed by atoms with Crippen molar-refractivity contribution < 1.29 is 5.11 Å². The van der Waals surface area contributed by atoms with Crippen LogP contribution in [0.2, 0.25) is 0 Å². The second-order valence-electron chi connectivity index (χ2n) is 5.68. The molecule has 18 heavy (non-hydrogen) atoms. The highest BCUT2D eigenvalue weighted by molar-refractivity contribution is 5.36. The average Bonchev–Trinajstić information content (AvgIpc) is 2.88. The van der Waals surface area contributed by atoms with Crippen LogP contribution in [0.1, 0.15) is 48.4 Å². The molecule has 1 aromatic rings. The Morgan fingerprint density at radius 2 is 1.78 bits per heavy atom. The zero-order valence-electron chi connectivity index (χ0n) is 11.1. The van der Waals surface area contributed by atoms with Gasteiger partial charge >= 0.3 is 0 Å². The van der Waals surface area contributed by atoms with Gasteiger partial charge in [-0.15, -0.1) is 0 Å². The van der Waals surface area contributed by atoms with Crippen LogP contribution in [0.3, 0.4) is 0 Å². The third kappa shape index (κ3) is 2.32. The molecule has 1 aromatic carbocycles. The molecule has 1 saturated heterocycles. The van der Waals surface area contributed by atoms with Crippen molar-refractivity contribution in [3.8, 4) is 0 Å². The first-order chi connectivity index (χ1) is 8.88. The predicted octanol–water partition coefficient (Wildman–Crippen LogP) is 2.69. The molecular weight excluding hydrogens is 222 g/mol. The van der Waals surface area contributed by atoms with Gasteiger partial charge in [0.25, 0.3) is 0 Å². The first kappa shape index (κ1) is 12.2. The Balaban J connectivity index is 1.82. The van der Waals surface area contributed by atoms with Crippen LogP contribution in [0.4, 0.5) is 0 Å². The number of hydrogen-bond donors (Lipinski definition) is 1. The lowest BCUT2D eigenvalue weighted by molar-refractivity contribution is 0.104. The van der Waals surface area contributed by atoms with Crippen molar-refractivity contribution in [2.45, 2.75) is 44.6 Å². The molecule has 0 saturated carbocycles. The van der Waals surface area contributed by atoms with Gasteiger partial charge in [-0.25, -0.2) is 0 Å². The third-order valence-electron chi connectivity index (χ3n) is 4.51. The molecular formula is C16H23NO. The molecule has 0 amide bonds. The first-order valence-electron chi connectivity index (χ1n) is 7.35. The summed E-state index contributed by atoms with van der Waals surface area (Å²) < 4.78 is 0. The number of piperidine rings is 1. The number of benzene rings is 1. The molecule has 0 bridgehead atoms. The molecule has 1 aliphatic heterocycles. The zero-order chi connectivity index (χ0) is 12.4. The van der Waals surface area contributed by atoms with E-state index < -0.39 is 0 Å². The largest absolute Gasteiger partial charge is 0.394 e. The van der Waals surface area contributed by atoms with Crippen molar-refractivity contribution >= 4 is 0 Å². The molecule has 3 rings (SSSR count). The number of rotatable bonds is 3. The van der Waals surface area contributed by atoms with Crippen LogP contribution in [0, 0.1) is 0 Å². The molecule has 1 atom stereocenters. The van der Waals surface area contributed by atoms with Gasteiger partial charge in [-0.2, -0.15) is 0 Å². The van der Waals surface area contributed by atoms with Gasteiger partial charge in [-0.1, -0.05) is 24.6 Å². The van der Waals surface area contributed by atoms with Crippen molar-refractivity contribution in [3.63, 3.8) is 0 Å². The normalized spacial score (nSPS) is 21.8. The Labute approximate surface area is 110 Å². The quantitative estimate of drug-likeness (QED) is 0.885. The molecule has 0 radical (unpaired) electrons. The standard InChI is InChI=1S/C16H23NO/c18-12-16(17-9-2-1-3-10-17)15-8-7-13-5-4-6-14(13)11-15/h7-8,11,16,18H,1-6,9-10,12H2. The van der Waals surface area contributed by atoms with Gasteiger partial charge in [0.05, 0.1) is 12.6 Å². The summed E-state index contributed by atoms with van der Waals surface area (Å²) in [4.78, 5) is 2.46. The summed E-state index contributed by atoms with van der Waals surface area (Å²) >= 11 is 0. The summed E-state index contributed by atoms with van der Waals surface area (Å²) in [5.41, 5.74) is 4.36. The highest BCUT2D eigenvalue weighted by Crippen LogP contribution is 2.29. The smallest absolute Gasteiger partial charge is 0.0628 e. The minimum absolute atomic E-state index is 0.219. The maximum absolute atomic E-state index is 9.74. The third-order valence-corrected chi connectivity index (χ3v) is 4.51. The Kier molecular flexibility index (Phi) is 3.67. The van der Waals surface area contributed by atoms with Gasteiger partial charge in [0, 0.05) is 0 Å². The lowest BCUT2D eigenvalue weighted by Crippen LogP contribution is -2.35. The van der Waals surface area contributed by atoms with Crippen molar-refractivity contribution in [2.75, 3.05) is 19.7 Å². The summed E-state index contributed by atoms with van der Waals surface area (Å²) in [6, 6.07) is 7.08. The van der Waals surface area contributed by atoms with Crippen LogP contribution in [0.25, 0.3) is 0 Å². The SMILES string of the molecule is OCC(c1ccc2c(c1)CCC2)N1CCCCC1. The van der Waals surface area contributed by atoms with E-state index in [1.54, 1.807) is 0 Å². The molecule has 2 heteroatoms. The fourth-order valence-electron chi connectivity index (χ4n) is 3.46. The van der Waals surface area contributed by atoms with Crippen LogP contribution in [-0.4, -0.2) is 29.7 Å². The summed E-state index contributed by atoms with van der Waals surface area (Å²) in [5.74, 6) is 0. The number of nitrogens with zero attached hydrogens (tertiary/aromatic N) is 1. The molecule has 98 valence electrons. The van der Waals surface area contributed by atoms with E-state index in [1.807, 2.05) is 0 Å². The fourth-order valence-corrected chi connectivity index (χ4v) is 3.46. The molecule has 1 heterocycles. The number of hydrogen-bond acceptors (Lipinski definition) is 2. The van der Waals surface area contributed by atoms with Crippen molar-refractivity contribution in [3.05, 3.63) is 34.9 Å². The molecule has 1 fully saturated rings. The zero-order valence-corrected chi connectivity index (χ0v) is 11.1. The molecule has 1 N–H and O–H groups in total. The minimum atomic E-state index is 0.219. The Morgan fingerprint density at radius 3 is 2.56 bits per heavy atom. The maximum Gasteiger partial charge on any atom is 0.0628 e. The number of aryl methyl sites for hydroxylation is 2. The lowest BCUT2D eigenvalue weighted by Gasteiger charge is -2.34. The number of aliphatic hydroxyl groups excluding tert-OH is 1. The van der Waals surface area contributed by atoms with E-state index in [1.165, 1.54) is 55.2 Å². The fraction of sp³-hybridized carbons (Fsp3) is 0.625. The van der Waals surface area contributed by atoms with Crippen molar-refractivity contribution in [1.29, 1.82) is 0 Å². The molecule has 0 spiro atoms. The van der Waals surface area contributed by atoms with E-state index in [0.717, 1.165) is 13.1 Å². The van der Waals surface area contributed by atoms with Crippen LogP contribution >= 0.6 is 0 Å². The van der Waals surface area contributed by atoms with Crippen LogP contribution in [0.5, 0.6) is 0 Å². The number of fused-ring (bicyclic) bond motifs is 1. The second-order valence-corrected chi connectivity index (χ2v) is 5.68. The second kappa shape index (κ2) is 5.41. The van der Waals surface area contributed by atoms with Crippen LogP contribution in [0.15, 0.2) is 18.2 Å². The van der Waals surface area contributed by atoms with Crippen molar-refractivity contribution in [2.24, 2.45) is 0 Å². The molecule has 2 aliphatic rings. The summed E-state index contributed by atoms with van der Waals surface area (Å²) in [6.07, 6.45) is 7.67. The summed E-state index contributed by atoms with van der Waals surface area (Å²) in [6.45, 7) is 2.53. The van der Waals surface area contributed by atoms with Gasteiger partial charge in [0.15, 0.2) is 0 Å². The number of likely N-dealkylation sites (tertiary alicyclic amines) is 1. The highest BCUT2D eigenvalue weighted by Gasteiger charge is 2.22. The molecule has 1 unspecified atom stereocenters. The first-order valence-corrected chi connectivity index (χ1v) is 7.35. The predicted molar refractivity (Wildman–Crippen MR) is 73.7 cm³/mol. The van der Waals surface area contributed by atoms with E-state index >= 15 is 0 Å². The summed E-state index contributed by atoms with van der Waals surface area (Å²) in [7, 11) is 0. The van der Waals surface area contributed by atoms with Crippen LogP contribution < -0.4 is 0 Å². The lowest BCUT2D eigenvalue weighted by atomic mass is 9.98. The number of aliphatic hydroxyl groups is 1. The molecule has 0 aromatic heterocycles. The molecule has 2 nitrogen and oxygen atoms in total.